The van der Waals surface area contributed by atoms with Crippen molar-refractivity contribution in [3.63, 3.8) is 0 Å². The molecule has 2 N–H and O–H groups in total. The topological polar surface area (TPSA) is 49.3 Å². The first-order valence-corrected chi connectivity index (χ1v) is 5.11. The molecule has 1 saturated heterocycles. The minimum Gasteiger partial charge on any atom is -0.480 e. The minimum absolute atomic E-state index is 0.251. The Bertz CT molecular complexity index is 229. The quantitative estimate of drug-likeness (QED) is 0.645. The molecular formula is C10H17NO2. The maximum Gasteiger partial charge on any atom is 0.320 e. The van der Waals surface area contributed by atoms with Crippen molar-refractivity contribution in [2.45, 2.75) is 51.1 Å². The molecule has 2 rings (SSSR count). The molecule has 3 heteroatoms. The number of carboxylic acids is 1. The van der Waals surface area contributed by atoms with Gasteiger partial charge in [-0.25, -0.2) is 0 Å². The summed E-state index contributed by atoms with van der Waals surface area (Å²) in [5, 5.41) is 12.1. The maximum atomic E-state index is 10.8. The molecule has 1 aliphatic heterocycles. The lowest BCUT2D eigenvalue weighted by atomic mass is 9.72. The van der Waals surface area contributed by atoms with Gasteiger partial charge in [0.05, 0.1) is 0 Å². The summed E-state index contributed by atoms with van der Waals surface area (Å²) in [6.07, 6.45) is 5.67. The minimum atomic E-state index is -0.685. The fourth-order valence-corrected chi connectivity index (χ4v) is 2.86. The molecule has 0 bridgehead atoms. The van der Waals surface area contributed by atoms with E-state index in [1.54, 1.807) is 0 Å². The number of carbonyl (C=O) groups is 1. The second kappa shape index (κ2) is 2.98. The Hall–Kier alpha value is -0.570. The van der Waals surface area contributed by atoms with Crippen molar-refractivity contribution in [1.82, 2.24) is 5.32 Å². The summed E-state index contributed by atoms with van der Waals surface area (Å²) in [4.78, 5) is 10.8. The van der Waals surface area contributed by atoms with Crippen LogP contribution in [0, 0.1) is 5.41 Å². The molecule has 1 unspecified atom stereocenters. The fraction of sp³-hybridized carbons (Fsp3) is 0.900. The normalized spacial score (nSPS) is 44.4. The highest BCUT2D eigenvalue weighted by Crippen LogP contribution is 2.44. The summed E-state index contributed by atoms with van der Waals surface area (Å²) in [5.41, 5.74) is 0.251. The van der Waals surface area contributed by atoms with Crippen LogP contribution in [0.25, 0.3) is 0 Å². The molecule has 1 heterocycles. The largest absolute Gasteiger partial charge is 0.480 e. The zero-order chi connectivity index (χ0) is 9.47. The third kappa shape index (κ3) is 1.46. The van der Waals surface area contributed by atoms with Crippen molar-refractivity contribution in [1.29, 1.82) is 0 Å². The Kier molecular flexibility index (Phi) is 2.06. The van der Waals surface area contributed by atoms with E-state index in [1.807, 2.05) is 0 Å². The zero-order valence-electron chi connectivity index (χ0n) is 8.05. The summed E-state index contributed by atoms with van der Waals surface area (Å²) in [5.74, 6) is -0.685. The highest BCUT2D eigenvalue weighted by atomic mass is 16.4. The van der Waals surface area contributed by atoms with Crippen molar-refractivity contribution in [3.8, 4) is 0 Å². The smallest absolute Gasteiger partial charge is 0.320 e. The van der Waals surface area contributed by atoms with Crippen LogP contribution in [-0.2, 0) is 4.79 Å². The Morgan fingerprint density at radius 1 is 1.54 bits per heavy atom. The Morgan fingerprint density at radius 2 is 2.31 bits per heavy atom. The van der Waals surface area contributed by atoms with Gasteiger partial charge in [-0.05, 0) is 24.7 Å². The zero-order valence-corrected chi connectivity index (χ0v) is 8.05. The van der Waals surface area contributed by atoms with Gasteiger partial charge in [-0.15, -0.1) is 0 Å². The van der Waals surface area contributed by atoms with Crippen molar-refractivity contribution < 1.29 is 9.90 Å². The standard InChI is InChI=1S/C10H17NO2/c1-10-5-3-2-4-8(10)11-7(6-10)9(12)13/h7-8,11H,2-6H2,1H3,(H,12,13)/t7-,8?,10-/m0/s1. The summed E-state index contributed by atoms with van der Waals surface area (Å²) < 4.78 is 0. The summed E-state index contributed by atoms with van der Waals surface area (Å²) >= 11 is 0. The van der Waals surface area contributed by atoms with E-state index < -0.39 is 5.97 Å². The number of nitrogens with one attached hydrogen (secondary N) is 1. The number of rotatable bonds is 1. The van der Waals surface area contributed by atoms with E-state index in [4.69, 9.17) is 5.11 Å². The molecule has 3 nitrogen and oxygen atoms in total. The molecule has 0 spiro atoms. The van der Waals surface area contributed by atoms with Gasteiger partial charge in [0.2, 0.25) is 0 Å². The number of aliphatic carboxylic acids is 1. The predicted octanol–water partition coefficient (Wildman–Crippen LogP) is 1.38. The summed E-state index contributed by atoms with van der Waals surface area (Å²) in [7, 11) is 0. The molecule has 2 aliphatic rings. The van der Waals surface area contributed by atoms with Crippen molar-refractivity contribution in [3.05, 3.63) is 0 Å². The van der Waals surface area contributed by atoms with E-state index in [0.29, 0.717) is 6.04 Å². The first-order valence-electron chi connectivity index (χ1n) is 5.11. The van der Waals surface area contributed by atoms with E-state index in [9.17, 15) is 4.79 Å². The number of fused-ring (bicyclic) bond motifs is 1. The van der Waals surface area contributed by atoms with E-state index in [1.165, 1.54) is 19.3 Å². The predicted molar refractivity (Wildman–Crippen MR) is 49.5 cm³/mol. The maximum absolute atomic E-state index is 10.8. The molecule has 1 saturated carbocycles. The number of hydrogen-bond acceptors (Lipinski definition) is 2. The molecule has 1 aliphatic carbocycles. The second-order valence-electron chi connectivity index (χ2n) is 4.71. The lowest BCUT2D eigenvalue weighted by Crippen LogP contribution is -2.39. The fourth-order valence-electron chi connectivity index (χ4n) is 2.86. The Balaban J connectivity index is 2.10. The molecule has 3 atom stereocenters. The molecule has 0 radical (unpaired) electrons. The first-order chi connectivity index (χ1) is 6.12. The van der Waals surface area contributed by atoms with Gasteiger partial charge in [0.25, 0.3) is 0 Å². The average molecular weight is 183 g/mol. The van der Waals surface area contributed by atoms with E-state index in [0.717, 1.165) is 12.8 Å². The second-order valence-corrected chi connectivity index (χ2v) is 4.71. The van der Waals surface area contributed by atoms with E-state index in [-0.39, 0.29) is 11.5 Å². The Morgan fingerprint density at radius 3 is 2.92 bits per heavy atom. The molecule has 0 aromatic carbocycles. The molecular weight excluding hydrogens is 166 g/mol. The molecule has 2 fully saturated rings. The van der Waals surface area contributed by atoms with Gasteiger partial charge in [-0.2, -0.15) is 0 Å². The number of hydrogen-bond donors (Lipinski definition) is 2. The highest BCUT2D eigenvalue weighted by Gasteiger charge is 2.46. The summed E-state index contributed by atoms with van der Waals surface area (Å²) in [6.45, 7) is 2.23. The van der Waals surface area contributed by atoms with Crippen LogP contribution >= 0.6 is 0 Å². The SMILES string of the molecule is C[C@@]12CCCCC1N[C@H](C(=O)O)C2. The lowest BCUT2D eigenvalue weighted by molar-refractivity contribution is -0.139. The first kappa shape index (κ1) is 9.00. The molecule has 74 valence electrons. The average Bonchev–Trinajstić information content (AvgIpc) is 2.41. The van der Waals surface area contributed by atoms with Gasteiger partial charge in [-0.1, -0.05) is 19.8 Å². The van der Waals surface area contributed by atoms with Gasteiger partial charge in [-0.3, -0.25) is 4.79 Å². The monoisotopic (exact) mass is 183 g/mol. The van der Waals surface area contributed by atoms with Gasteiger partial charge >= 0.3 is 5.97 Å². The molecule has 0 amide bonds. The van der Waals surface area contributed by atoms with Crippen LogP contribution < -0.4 is 5.32 Å². The van der Waals surface area contributed by atoms with Crippen LogP contribution in [0.15, 0.2) is 0 Å². The highest BCUT2D eigenvalue weighted by molar-refractivity contribution is 5.74. The molecule has 0 aromatic rings. The lowest BCUT2D eigenvalue weighted by Gasteiger charge is -2.35. The van der Waals surface area contributed by atoms with E-state index >= 15 is 0 Å². The van der Waals surface area contributed by atoms with Crippen molar-refractivity contribution in [2.75, 3.05) is 0 Å². The van der Waals surface area contributed by atoms with Crippen LogP contribution in [0.5, 0.6) is 0 Å². The van der Waals surface area contributed by atoms with Gasteiger partial charge < -0.3 is 10.4 Å². The van der Waals surface area contributed by atoms with Crippen LogP contribution in [0.2, 0.25) is 0 Å². The van der Waals surface area contributed by atoms with Crippen molar-refractivity contribution >= 4 is 5.97 Å². The van der Waals surface area contributed by atoms with Gasteiger partial charge in [0.15, 0.2) is 0 Å². The molecule has 13 heavy (non-hydrogen) atoms. The Labute approximate surface area is 78.5 Å². The van der Waals surface area contributed by atoms with Gasteiger partial charge in [0.1, 0.15) is 6.04 Å². The number of carboxylic acid groups (broad SMARTS) is 1. The third-order valence-electron chi connectivity index (χ3n) is 3.70. The van der Waals surface area contributed by atoms with Gasteiger partial charge in [0, 0.05) is 6.04 Å². The van der Waals surface area contributed by atoms with Crippen molar-refractivity contribution in [2.24, 2.45) is 5.41 Å². The third-order valence-corrected chi connectivity index (χ3v) is 3.70. The summed E-state index contributed by atoms with van der Waals surface area (Å²) in [6, 6.07) is 0.149. The molecule has 0 aromatic heterocycles. The van der Waals surface area contributed by atoms with Crippen LogP contribution in [0.4, 0.5) is 0 Å². The van der Waals surface area contributed by atoms with E-state index in [2.05, 4.69) is 12.2 Å². The van der Waals surface area contributed by atoms with Crippen LogP contribution in [0.3, 0.4) is 0 Å². The van der Waals surface area contributed by atoms with Crippen LogP contribution in [0.1, 0.15) is 39.0 Å². The van der Waals surface area contributed by atoms with Crippen LogP contribution in [-0.4, -0.2) is 23.2 Å².